The van der Waals surface area contributed by atoms with E-state index in [1.165, 1.54) is 0 Å². The van der Waals surface area contributed by atoms with Crippen molar-refractivity contribution in [1.82, 2.24) is 14.8 Å². The van der Waals surface area contributed by atoms with Gasteiger partial charge >= 0.3 is 0 Å². The van der Waals surface area contributed by atoms with E-state index in [0.717, 1.165) is 12.8 Å². The van der Waals surface area contributed by atoms with Crippen molar-refractivity contribution in [1.29, 1.82) is 0 Å². The van der Waals surface area contributed by atoms with Crippen LogP contribution in [0.4, 0.5) is 0 Å². The highest BCUT2D eigenvalue weighted by molar-refractivity contribution is 8.93. The van der Waals surface area contributed by atoms with Crippen LogP contribution in [0.1, 0.15) is 52.9 Å². The molecule has 3 rings (SSSR count). The lowest BCUT2D eigenvalue weighted by Crippen LogP contribution is -2.39. The summed E-state index contributed by atoms with van der Waals surface area (Å²) in [5.74, 6) is 0.122. The van der Waals surface area contributed by atoms with Gasteiger partial charge in [0.25, 0.3) is 0 Å². The molecule has 192 valence electrons. The number of carbonyl (C=O) groups excluding carboxylic acids is 2. The van der Waals surface area contributed by atoms with E-state index < -0.39 is 12.1 Å². The third-order valence-corrected chi connectivity index (χ3v) is 5.48. The standard InChI is InChI=1S/C23H27ClN6O2.3BrH/c1-14-28-29-23(20(27)22(32)18(26)9-5-6-12-25)30(14)19-11-10-16(24)13-17(19)21(31)15-7-3-2-4-8-15;;;/h2-4,7-8,10-11,13,18,20H,5-6,9,12,25-27H2,1H3;3*1H/t18-,20?;;;/m0.../s1. The fraction of sp³-hybridized carbons (Fsp3) is 0.304. The maximum atomic E-state index is 13.3. The topological polar surface area (TPSA) is 143 Å². The molecule has 6 N–H and O–H groups in total. The summed E-state index contributed by atoms with van der Waals surface area (Å²) in [5, 5.41) is 8.65. The lowest BCUT2D eigenvalue weighted by atomic mass is 9.99. The summed E-state index contributed by atoms with van der Waals surface area (Å²) in [6, 6.07) is 12.0. The first kappa shape index (κ1) is 33.5. The number of unbranched alkanes of at least 4 members (excludes halogenated alkanes) is 1. The van der Waals surface area contributed by atoms with Gasteiger partial charge in [-0.05, 0) is 44.5 Å². The number of ketones is 2. The van der Waals surface area contributed by atoms with Gasteiger partial charge in [0.15, 0.2) is 17.4 Å². The van der Waals surface area contributed by atoms with Crippen molar-refractivity contribution in [3.05, 3.63) is 76.3 Å². The van der Waals surface area contributed by atoms with Crippen molar-refractivity contribution < 1.29 is 9.59 Å². The Bertz CT molecular complexity index is 1110. The largest absolute Gasteiger partial charge is 0.330 e. The molecule has 0 fully saturated rings. The zero-order chi connectivity index (χ0) is 23.3. The van der Waals surface area contributed by atoms with E-state index in [4.69, 9.17) is 28.8 Å². The van der Waals surface area contributed by atoms with E-state index in [2.05, 4.69) is 10.2 Å². The monoisotopic (exact) mass is 694 g/mol. The van der Waals surface area contributed by atoms with Crippen molar-refractivity contribution in [2.24, 2.45) is 17.2 Å². The lowest BCUT2D eigenvalue weighted by molar-refractivity contribution is -0.122. The summed E-state index contributed by atoms with van der Waals surface area (Å²) in [5.41, 5.74) is 19.2. The summed E-state index contributed by atoms with van der Waals surface area (Å²) in [7, 11) is 0. The Morgan fingerprint density at radius 2 is 1.66 bits per heavy atom. The van der Waals surface area contributed by atoms with Crippen LogP contribution in [-0.4, -0.2) is 38.9 Å². The van der Waals surface area contributed by atoms with Gasteiger partial charge in [-0.3, -0.25) is 14.2 Å². The average Bonchev–Trinajstić information content (AvgIpc) is 3.19. The predicted octanol–water partition coefficient (Wildman–Crippen LogP) is 4.22. The quantitative estimate of drug-likeness (QED) is 0.213. The van der Waals surface area contributed by atoms with E-state index >= 15 is 0 Å². The van der Waals surface area contributed by atoms with Gasteiger partial charge in [0.05, 0.1) is 11.7 Å². The van der Waals surface area contributed by atoms with Crippen molar-refractivity contribution in [3.63, 3.8) is 0 Å². The minimum Gasteiger partial charge on any atom is -0.330 e. The number of nitrogens with zero attached hydrogens (tertiary/aromatic N) is 3. The fourth-order valence-electron chi connectivity index (χ4n) is 3.52. The molecule has 0 amide bonds. The Morgan fingerprint density at radius 1 is 1.00 bits per heavy atom. The van der Waals surface area contributed by atoms with E-state index in [1.54, 1.807) is 54.0 Å². The van der Waals surface area contributed by atoms with Crippen LogP contribution in [0.5, 0.6) is 0 Å². The fourth-order valence-corrected chi connectivity index (χ4v) is 3.69. The smallest absolute Gasteiger partial charge is 0.195 e. The maximum Gasteiger partial charge on any atom is 0.195 e. The number of hydrogen-bond donors (Lipinski definition) is 3. The van der Waals surface area contributed by atoms with Crippen LogP contribution in [0.25, 0.3) is 5.69 Å². The minimum atomic E-state index is -1.10. The minimum absolute atomic E-state index is 0. The molecule has 2 aromatic carbocycles. The maximum absolute atomic E-state index is 13.3. The van der Waals surface area contributed by atoms with Gasteiger partial charge in [-0.25, -0.2) is 0 Å². The second-order valence-electron chi connectivity index (χ2n) is 7.57. The molecule has 0 aliphatic heterocycles. The molecule has 0 aliphatic carbocycles. The van der Waals surface area contributed by atoms with Gasteiger partial charge in [0, 0.05) is 16.1 Å². The van der Waals surface area contributed by atoms with Gasteiger partial charge < -0.3 is 17.2 Å². The summed E-state index contributed by atoms with van der Waals surface area (Å²) >= 11 is 6.21. The zero-order valence-electron chi connectivity index (χ0n) is 19.1. The molecule has 0 saturated carbocycles. The lowest BCUT2D eigenvalue weighted by Gasteiger charge is -2.19. The molecule has 12 heteroatoms. The summed E-state index contributed by atoms with van der Waals surface area (Å²) < 4.78 is 1.61. The second kappa shape index (κ2) is 15.6. The first-order valence-corrected chi connectivity index (χ1v) is 10.8. The average molecular weight is 698 g/mol. The number of aromatic nitrogens is 3. The number of aryl methyl sites for hydroxylation is 1. The molecular formula is C23H30Br3ClN6O2. The van der Waals surface area contributed by atoms with Crippen LogP contribution in [-0.2, 0) is 4.79 Å². The van der Waals surface area contributed by atoms with Crippen LogP contribution in [0.3, 0.4) is 0 Å². The number of halogens is 4. The van der Waals surface area contributed by atoms with Crippen LogP contribution in [0, 0.1) is 6.92 Å². The molecule has 2 atom stereocenters. The first-order valence-electron chi connectivity index (χ1n) is 10.4. The van der Waals surface area contributed by atoms with Crippen LogP contribution < -0.4 is 17.2 Å². The molecule has 3 aromatic rings. The van der Waals surface area contributed by atoms with Crippen LogP contribution >= 0.6 is 62.5 Å². The van der Waals surface area contributed by atoms with Gasteiger partial charge in [-0.2, -0.15) is 0 Å². The molecule has 0 bridgehead atoms. The highest BCUT2D eigenvalue weighted by Crippen LogP contribution is 2.26. The Hall–Kier alpha value is -1.47. The molecule has 0 aliphatic rings. The number of benzene rings is 2. The Kier molecular flexibility index (Phi) is 14.9. The number of carbonyl (C=O) groups is 2. The van der Waals surface area contributed by atoms with E-state index in [0.29, 0.717) is 40.6 Å². The van der Waals surface area contributed by atoms with Crippen LogP contribution in [0.2, 0.25) is 5.02 Å². The number of nitrogens with two attached hydrogens (primary N) is 3. The summed E-state index contributed by atoms with van der Waals surface area (Å²) in [6.45, 7) is 2.26. The van der Waals surface area contributed by atoms with Gasteiger partial charge in [0.1, 0.15) is 11.9 Å². The van der Waals surface area contributed by atoms with Gasteiger partial charge in [0.2, 0.25) is 0 Å². The molecule has 35 heavy (non-hydrogen) atoms. The van der Waals surface area contributed by atoms with E-state index in [9.17, 15) is 9.59 Å². The van der Waals surface area contributed by atoms with E-state index in [1.807, 2.05) is 6.07 Å². The van der Waals surface area contributed by atoms with E-state index in [-0.39, 0.29) is 68.3 Å². The normalized spacial score (nSPS) is 11.9. The second-order valence-corrected chi connectivity index (χ2v) is 8.00. The van der Waals surface area contributed by atoms with Gasteiger partial charge in [-0.1, -0.05) is 48.4 Å². The first-order chi connectivity index (χ1) is 15.3. The predicted molar refractivity (Wildman–Crippen MR) is 155 cm³/mol. The molecule has 1 unspecified atom stereocenters. The molecule has 1 heterocycles. The number of hydrogen-bond acceptors (Lipinski definition) is 7. The Labute approximate surface area is 241 Å². The van der Waals surface area contributed by atoms with Crippen LogP contribution in [0.15, 0.2) is 48.5 Å². The van der Waals surface area contributed by atoms with Crippen molar-refractivity contribution in [2.75, 3.05) is 6.54 Å². The summed E-state index contributed by atoms with van der Waals surface area (Å²) in [4.78, 5) is 26.1. The number of rotatable bonds is 10. The molecule has 0 spiro atoms. The van der Waals surface area contributed by atoms with Crippen molar-refractivity contribution in [2.45, 2.75) is 38.3 Å². The Balaban J connectivity index is 0.00000385. The van der Waals surface area contributed by atoms with Crippen molar-refractivity contribution in [3.8, 4) is 5.69 Å². The summed E-state index contributed by atoms with van der Waals surface area (Å²) in [6.07, 6.45) is 1.99. The highest BCUT2D eigenvalue weighted by Gasteiger charge is 2.29. The zero-order valence-corrected chi connectivity index (χ0v) is 25.0. The highest BCUT2D eigenvalue weighted by atomic mass is 79.9. The van der Waals surface area contributed by atoms with Gasteiger partial charge in [-0.15, -0.1) is 61.1 Å². The number of Topliss-reactive ketones (excluding diaryl/α,β-unsaturated/α-hetero) is 1. The molecule has 8 nitrogen and oxygen atoms in total. The third-order valence-electron chi connectivity index (χ3n) is 5.25. The molecule has 0 saturated heterocycles. The third kappa shape index (κ3) is 8.01. The molecule has 0 radical (unpaired) electrons. The SMILES string of the molecule is Br.Br.Br.Cc1nnc(C(N)C(=O)[C@@H](N)CCCCN)n1-c1ccc(Cl)cc1C(=O)c1ccccc1. The van der Waals surface area contributed by atoms with Crippen molar-refractivity contribution >= 4 is 74.1 Å². The Morgan fingerprint density at radius 3 is 2.29 bits per heavy atom. The molecular weight excluding hydrogens is 667 g/mol. The molecule has 1 aromatic heterocycles.